The molecular formula is C28H42O6. The van der Waals surface area contributed by atoms with Gasteiger partial charge in [-0.1, -0.05) is 23.3 Å². The van der Waals surface area contributed by atoms with Gasteiger partial charge in [0.1, 0.15) is 18.1 Å². The zero-order valence-corrected chi connectivity index (χ0v) is 21.4. The second kappa shape index (κ2) is 17.3. The number of ether oxygens (including phenoxy) is 6. The molecule has 0 aliphatic heterocycles. The van der Waals surface area contributed by atoms with Crippen LogP contribution in [-0.2, 0) is 18.9 Å². The van der Waals surface area contributed by atoms with Crippen molar-refractivity contribution >= 4 is 0 Å². The van der Waals surface area contributed by atoms with E-state index in [0.717, 1.165) is 68.1 Å². The largest absolute Gasteiger partial charge is 0.493 e. The zero-order valence-electron chi connectivity index (χ0n) is 21.4. The molecule has 0 aromatic heterocycles. The average Bonchev–Trinajstić information content (AvgIpc) is 2.84. The maximum Gasteiger partial charge on any atom is 0.127 e. The van der Waals surface area contributed by atoms with Crippen LogP contribution < -0.4 is 9.47 Å². The van der Waals surface area contributed by atoms with Crippen molar-refractivity contribution < 1.29 is 28.4 Å². The summed E-state index contributed by atoms with van der Waals surface area (Å²) in [6.45, 7) is 9.45. The molecule has 0 spiro atoms. The molecule has 0 heterocycles. The molecule has 2 aromatic rings. The Morgan fingerprint density at radius 2 is 0.971 bits per heavy atom. The SMILES string of the molecule is COCCCCOCCOc1ccc(C)cc1-c1cc(C)ccc1OCCCOCCCOC. The Bertz CT molecular complexity index is 740. The molecule has 34 heavy (non-hydrogen) atoms. The summed E-state index contributed by atoms with van der Waals surface area (Å²) in [5, 5.41) is 0. The van der Waals surface area contributed by atoms with Crippen molar-refractivity contribution in [2.24, 2.45) is 0 Å². The summed E-state index contributed by atoms with van der Waals surface area (Å²) >= 11 is 0. The lowest BCUT2D eigenvalue weighted by Gasteiger charge is -2.17. The van der Waals surface area contributed by atoms with Gasteiger partial charge in [-0.3, -0.25) is 0 Å². The Balaban J connectivity index is 1.94. The third-order valence-electron chi connectivity index (χ3n) is 5.26. The van der Waals surface area contributed by atoms with E-state index in [4.69, 9.17) is 28.4 Å². The van der Waals surface area contributed by atoms with Crippen LogP contribution in [0.3, 0.4) is 0 Å². The van der Waals surface area contributed by atoms with Crippen LogP contribution in [0.4, 0.5) is 0 Å². The summed E-state index contributed by atoms with van der Waals surface area (Å²) in [7, 11) is 3.43. The fraction of sp³-hybridized carbons (Fsp3) is 0.571. The van der Waals surface area contributed by atoms with Crippen LogP contribution in [0.2, 0.25) is 0 Å². The van der Waals surface area contributed by atoms with Crippen LogP contribution in [0.15, 0.2) is 36.4 Å². The molecule has 2 rings (SSSR count). The van der Waals surface area contributed by atoms with Gasteiger partial charge < -0.3 is 28.4 Å². The molecule has 190 valence electrons. The average molecular weight is 475 g/mol. The molecule has 0 aliphatic rings. The highest BCUT2D eigenvalue weighted by molar-refractivity contribution is 5.77. The summed E-state index contributed by atoms with van der Waals surface area (Å²) in [4.78, 5) is 0. The minimum absolute atomic E-state index is 0.503. The van der Waals surface area contributed by atoms with Gasteiger partial charge in [-0.2, -0.15) is 0 Å². The van der Waals surface area contributed by atoms with Gasteiger partial charge in [-0.25, -0.2) is 0 Å². The molecule has 2 aromatic carbocycles. The summed E-state index contributed by atoms with van der Waals surface area (Å²) in [5.41, 5.74) is 4.43. The Kier molecular flexibility index (Phi) is 14.3. The summed E-state index contributed by atoms with van der Waals surface area (Å²) in [6, 6.07) is 12.5. The molecular weight excluding hydrogens is 432 g/mol. The number of hydrogen-bond donors (Lipinski definition) is 0. The third kappa shape index (κ3) is 10.9. The van der Waals surface area contributed by atoms with Crippen LogP contribution in [0.1, 0.15) is 36.8 Å². The highest BCUT2D eigenvalue weighted by atomic mass is 16.5. The van der Waals surface area contributed by atoms with Crippen molar-refractivity contribution in [3.05, 3.63) is 47.5 Å². The van der Waals surface area contributed by atoms with Gasteiger partial charge in [0.2, 0.25) is 0 Å². The van der Waals surface area contributed by atoms with Crippen LogP contribution in [0, 0.1) is 13.8 Å². The summed E-state index contributed by atoms with van der Waals surface area (Å²) in [5.74, 6) is 1.69. The first-order chi connectivity index (χ1) is 16.7. The quantitative estimate of drug-likeness (QED) is 0.247. The molecule has 0 bridgehead atoms. The lowest BCUT2D eigenvalue weighted by Crippen LogP contribution is -2.09. The van der Waals surface area contributed by atoms with E-state index in [2.05, 4.69) is 38.1 Å². The van der Waals surface area contributed by atoms with E-state index in [1.165, 1.54) is 11.1 Å². The fourth-order valence-electron chi connectivity index (χ4n) is 3.47. The maximum absolute atomic E-state index is 6.16. The lowest BCUT2D eigenvalue weighted by molar-refractivity contribution is 0.0917. The first kappa shape index (κ1) is 28.1. The van der Waals surface area contributed by atoms with Crippen molar-refractivity contribution in [1.82, 2.24) is 0 Å². The molecule has 0 atom stereocenters. The van der Waals surface area contributed by atoms with Gasteiger partial charge in [0.25, 0.3) is 0 Å². The number of benzene rings is 2. The number of aryl methyl sites for hydroxylation is 2. The van der Waals surface area contributed by atoms with Crippen LogP contribution in [0.5, 0.6) is 11.5 Å². The number of rotatable bonds is 19. The predicted octanol–water partition coefficient (Wildman–Crippen LogP) is 5.61. The Hall–Kier alpha value is -2.12. The van der Waals surface area contributed by atoms with Crippen LogP contribution >= 0.6 is 0 Å². The smallest absolute Gasteiger partial charge is 0.127 e. The fourth-order valence-corrected chi connectivity index (χ4v) is 3.47. The van der Waals surface area contributed by atoms with Crippen molar-refractivity contribution in [2.75, 3.05) is 67.1 Å². The van der Waals surface area contributed by atoms with Gasteiger partial charge in [0, 0.05) is 64.8 Å². The van der Waals surface area contributed by atoms with Crippen molar-refractivity contribution in [2.45, 2.75) is 39.5 Å². The van der Waals surface area contributed by atoms with Crippen molar-refractivity contribution in [3.63, 3.8) is 0 Å². The zero-order chi connectivity index (χ0) is 24.4. The number of hydrogen-bond acceptors (Lipinski definition) is 6. The Morgan fingerprint density at radius 3 is 1.59 bits per heavy atom. The molecule has 0 aliphatic carbocycles. The molecule has 0 saturated heterocycles. The monoisotopic (exact) mass is 474 g/mol. The molecule has 0 N–H and O–H groups in total. The van der Waals surface area contributed by atoms with E-state index in [0.29, 0.717) is 33.0 Å². The van der Waals surface area contributed by atoms with Gasteiger partial charge in [-0.05, 0) is 57.4 Å². The van der Waals surface area contributed by atoms with E-state index in [1.54, 1.807) is 14.2 Å². The molecule has 0 unspecified atom stereocenters. The minimum atomic E-state index is 0.503. The first-order valence-corrected chi connectivity index (χ1v) is 12.3. The molecule has 0 fully saturated rings. The summed E-state index contributed by atoms with van der Waals surface area (Å²) < 4.78 is 33.7. The standard InChI is InChI=1S/C28H42O6/c1-23-9-11-27(33-18-8-17-31-16-7-14-30-4)25(21-23)26-22-24(2)10-12-28(26)34-20-19-32-15-6-5-13-29-3/h9-12,21-22H,5-8,13-20H2,1-4H3. The maximum atomic E-state index is 6.16. The second-order valence-electron chi connectivity index (χ2n) is 8.32. The predicted molar refractivity (Wildman–Crippen MR) is 136 cm³/mol. The number of unbranched alkanes of at least 4 members (excludes halogenated alkanes) is 1. The molecule has 6 nitrogen and oxygen atoms in total. The van der Waals surface area contributed by atoms with E-state index in [1.807, 2.05) is 12.1 Å². The highest BCUT2D eigenvalue weighted by Crippen LogP contribution is 2.38. The van der Waals surface area contributed by atoms with Gasteiger partial charge in [-0.15, -0.1) is 0 Å². The van der Waals surface area contributed by atoms with Crippen LogP contribution in [0.25, 0.3) is 11.1 Å². The van der Waals surface area contributed by atoms with E-state index >= 15 is 0 Å². The highest BCUT2D eigenvalue weighted by Gasteiger charge is 2.13. The topological polar surface area (TPSA) is 55.4 Å². The Labute approximate surface area is 205 Å². The van der Waals surface area contributed by atoms with Gasteiger partial charge in [0.15, 0.2) is 0 Å². The summed E-state index contributed by atoms with van der Waals surface area (Å²) in [6.07, 6.45) is 3.75. The molecule has 0 saturated carbocycles. The molecule has 0 radical (unpaired) electrons. The van der Waals surface area contributed by atoms with E-state index < -0.39 is 0 Å². The molecule has 6 heteroatoms. The lowest BCUT2D eigenvalue weighted by atomic mass is 9.99. The van der Waals surface area contributed by atoms with Crippen molar-refractivity contribution in [1.29, 1.82) is 0 Å². The normalized spacial score (nSPS) is 11.1. The molecule has 0 amide bonds. The number of methoxy groups -OCH3 is 2. The van der Waals surface area contributed by atoms with Crippen molar-refractivity contribution in [3.8, 4) is 22.6 Å². The minimum Gasteiger partial charge on any atom is -0.493 e. The third-order valence-corrected chi connectivity index (χ3v) is 5.26. The second-order valence-corrected chi connectivity index (χ2v) is 8.32. The van der Waals surface area contributed by atoms with Gasteiger partial charge >= 0.3 is 0 Å². The first-order valence-electron chi connectivity index (χ1n) is 12.3. The van der Waals surface area contributed by atoms with E-state index in [-0.39, 0.29) is 0 Å². The Morgan fingerprint density at radius 1 is 0.500 bits per heavy atom. The van der Waals surface area contributed by atoms with Crippen LogP contribution in [-0.4, -0.2) is 67.1 Å². The van der Waals surface area contributed by atoms with Gasteiger partial charge in [0.05, 0.1) is 13.2 Å². The van der Waals surface area contributed by atoms with E-state index in [9.17, 15) is 0 Å².